The van der Waals surface area contributed by atoms with Gasteiger partial charge in [0.15, 0.2) is 5.16 Å². The van der Waals surface area contributed by atoms with Crippen LogP contribution in [0.25, 0.3) is 0 Å². The maximum Gasteiger partial charge on any atom is 0.235 e. The van der Waals surface area contributed by atoms with Crippen molar-refractivity contribution >= 4 is 29.0 Å². The molecule has 0 aliphatic rings. The fraction of sp³-hybridized carbons (Fsp3) is 0.350. The summed E-state index contributed by atoms with van der Waals surface area (Å²) in [6.07, 6.45) is 1.66. The number of hydrogen-bond donors (Lipinski definition) is 0. The smallest absolute Gasteiger partial charge is 0.235 e. The predicted octanol–water partition coefficient (Wildman–Crippen LogP) is 3.74. The van der Waals surface area contributed by atoms with Crippen molar-refractivity contribution < 1.29 is 4.79 Å². The summed E-state index contributed by atoms with van der Waals surface area (Å²) in [5.41, 5.74) is 1.28. The summed E-state index contributed by atoms with van der Waals surface area (Å²) in [5.74, 6) is 1.03. The molecule has 2 heterocycles. The Bertz CT molecular complexity index is 860. The summed E-state index contributed by atoms with van der Waals surface area (Å²) in [6, 6.07) is 14.6. The van der Waals surface area contributed by atoms with E-state index in [1.807, 2.05) is 13.0 Å². The number of carbonyl (C=O) groups is 1. The zero-order valence-electron chi connectivity index (χ0n) is 15.8. The number of nitrogens with zero attached hydrogens (tertiary/aromatic N) is 4. The molecule has 7 heteroatoms. The van der Waals surface area contributed by atoms with E-state index in [4.69, 9.17) is 0 Å². The first kappa shape index (κ1) is 19.6. The molecule has 0 saturated carbocycles. The first-order valence-electron chi connectivity index (χ1n) is 8.91. The van der Waals surface area contributed by atoms with Gasteiger partial charge in [0.1, 0.15) is 5.82 Å². The van der Waals surface area contributed by atoms with Crippen LogP contribution < -0.4 is 0 Å². The van der Waals surface area contributed by atoms with Crippen molar-refractivity contribution in [1.29, 1.82) is 0 Å². The van der Waals surface area contributed by atoms with Crippen LogP contribution in [0.1, 0.15) is 23.2 Å². The molecule has 0 unspecified atom stereocenters. The van der Waals surface area contributed by atoms with Gasteiger partial charge in [-0.15, -0.1) is 21.5 Å². The van der Waals surface area contributed by atoms with Gasteiger partial charge in [0, 0.05) is 31.9 Å². The number of rotatable bonds is 8. The van der Waals surface area contributed by atoms with Crippen molar-refractivity contribution in [2.24, 2.45) is 0 Å². The molecule has 0 spiro atoms. The van der Waals surface area contributed by atoms with Gasteiger partial charge in [-0.25, -0.2) is 0 Å². The second-order valence-electron chi connectivity index (χ2n) is 6.53. The quantitative estimate of drug-likeness (QED) is 0.541. The summed E-state index contributed by atoms with van der Waals surface area (Å²) >= 11 is 3.20. The Hall–Kier alpha value is -2.12. The van der Waals surface area contributed by atoms with Gasteiger partial charge < -0.3 is 9.47 Å². The third-order valence-corrected chi connectivity index (χ3v) is 6.19. The number of aromatic nitrogens is 3. The molecule has 0 aliphatic heterocycles. The first-order chi connectivity index (χ1) is 13.0. The zero-order valence-corrected chi connectivity index (χ0v) is 17.5. The lowest BCUT2D eigenvalue weighted by molar-refractivity contribution is -0.127. The fourth-order valence-corrected chi connectivity index (χ4v) is 4.53. The van der Waals surface area contributed by atoms with Gasteiger partial charge in [0.25, 0.3) is 0 Å². The summed E-state index contributed by atoms with van der Waals surface area (Å²) in [6.45, 7) is 2.71. The predicted molar refractivity (Wildman–Crippen MR) is 111 cm³/mol. The van der Waals surface area contributed by atoms with Gasteiger partial charge in [-0.2, -0.15) is 0 Å². The van der Waals surface area contributed by atoms with Crippen molar-refractivity contribution in [2.75, 3.05) is 14.1 Å². The van der Waals surface area contributed by atoms with Crippen LogP contribution in [0.2, 0.25) is 0 Å². The van der Waals surface area contributed by atoms with Gasteiger partial charge in [0.2, 0.25) is 5.91 Å². The highest BCUT2D eigenvalue weighted by Crippen LogP contribution is 2.25. The van der Waals surface area contributed by atoms with Crippen molar-refractivity contribution in [3.8, 4) is 0 Å². The number of aryl methyl sites for hydroxylation is 1. The molecular weight excluding hydrogens is 376 g/mol. The highest BCUT2D eigenvalue weighted by atomic mass is 32.2. The molecule has 0 bridgehead atoms. The molecule has 5 nitrogen and oxygen atoms in total. The lowest BCUT2D eigenvalue weighted by atomic mass is 10.1. The van der Waals surface area contributed by atoms with E-state index >= 15 is 0 Å². The molecule has 0 N–H and O–H groups in total. The summed E-state index contributed by atoms with van der Waals surface area (Å²) in [4.78, 5) is 15.1. The van der Waals surface area contributed by atoms with E-state index in [1.165, 1.54) is 22.2 Å². The molecule has 3 aromatic rings. The Balaban J connectivity index is 1.81. The topological polar surface area (TPSA) is 51.0 Å². The van der Waals surface area contributed by atoms with Crippen LogP contribution in [0.3, 0.4) is 0 Å². The SMILES string of the molecule is C[C@H](Sc1nnc(Cc2cccs2)n1CCc1ccccc1)C(=O)N(C)C. The standard InChI is InChI=1S/C20H24N4OS2/c1-15(19(25)23(2)3)27-20-22-21-18(14-17-10-7-13-26-17)24(20)12-11-16-8-5-4-6-9-16/h4-10,13,15H,11-12,14H2,1-3H3/t15-/m0/s1. The van der Waals surface area contributed by atoms with Crippen LogP contribution in [0.15, 0.2) is 53.0 Å². The van der Waals surface area contributed by atoms with Gasteiger partial charge in [-0.05, 0) is 30.4 Å². The Labute approximate surface area is 168 Å². The maximum atomic E-state index is 12.3. The van der Waals surface area contributed by atoms with E-state index in [2.05, 4.69) is 56.5 Å². The number of hydrogen-bond acceptors (Lipinski definition) is 5. The second-order valence-corrected chi connectivity index (χ2v) is 8.88. The third kappa shape index (κ3) is 5.20. The Kier molecular flexibility index (Phi) is 6.68. The van der Waals surface area contributed by atoms with Crippen LogP contribution in [0.4, 0.5) is 0 Å². The molecule has 0 aliphatic carbocycles. The minimum absolute atomic E-state index is 0.0809. The third-order valence-electron chi connectivity index (χ3n) is 4.24. The van der Waals surface area contributed by atoms with Crippen LogP contribution >= 0.6 is 23.1 Å². The van der Waals surface area contributed by atoms with Gasteiger partial charge in [-0.1, -0.05) is 48.2 Å². The Morgan fingerprint density at radius 1 is 1.19 bits per heavy atom. The number of thiophene rings is 1. The maximum absolute atomic E-state index is 12.3. The molecule has 3 rings (SSSR count). The summed E-state index contributed by atoms with van der Waals surface area (Å²) < 4.78 is 2.16. The molecule has 2 aromatic heterocycles. The molecule has 0 fully saturated rings. The average Bonchev–Trinajstić information content (AvgIpc) is 3.31. The highest BCUT2D eigenvalue weighted by Gasteiger charge is 2.21. The number of thioether (sulfide) groups is 1. The first-order valence-corrected chi connectivity index (χ1v) is 10.7. The largest absolute Gasteiger partial charge is 0.348 e. The van der Waals surface area contributed by atoms with Crippen molar-refractivity contribution in [3.05, 3.63) is 64.1 Å². The van der Waals surface area contributed by atoms with Crippen molar-refractivity contribution in [1.82, 2.24) is 19.7 Å². The Morgan fingerprint density at radius 3 is 2.63 bits per heavy atom. The molecular formula is C20H24N4OS2. The van der Waals surface area contributed by atoms with E-state index in [0.717, 1.165) is 30.4 Å². The van der Waals surface area contributed by atoms with E-state index in [9.17, 15) is 4.79 Å². The minimum atomic E-state index is -0.200. The van der Waals surface area contributed by atoms with Crippen molar-refractivity contribution in [2.45, 2.75) is 36.7 Å². The average molecular weight is 401 g/mol. The van der Waals surface area contributed by atoms with Crippen LogP contribution in [0.5, 0.6) is 0 Å². The van der Waals surface area contributed by atoms with E-state index in [-0.39, 0.29) is 11.2 Å². The van der Waals surface area contributed by atoms with E-state index in [0.29, 0.717) is 0 Å². The lowest BCUT2D eigenvalue weighted by Crippen LogP contribution is -2.29. The molecule has 0 saturated heterocycles. The van der Waals surface area contributed by atoms with Gasteiger partial charge in [-0.3, -0.25) is 4.79 Å². The lowest BCUT2D eigenvalue weighted by Gasteiger charge is -2.17. The highest BCUT2D eigenvalue weighted by molar-refractivity contribution is 8.00. The molecule has 1 aromatic carbocycles. The number of carbonyl (C=O) groups excluding carboxylic acids is 1. The van der Waals surface area contributed by atoms with E-state index in [1.54, 1.807) is 30.3 Å². The molecule has 1 amide bonds. The molecule has 1 atom stereocenters. The zero-order chi connectivity index (χ0) is 19.2. The van der Waals surface area contributed by atoms with Crippen LogP contribution in [0, 0.1) is 0 Å². The van der Waals surface area contributed by atoms with Gasteiger partial charge >= 0.3 is 0 Å². The number of benzene rings is 1. The molecule has 27 heavy (non-hydrogen) atoms. The van der Waals surface area contributed by atoms with Crippen LogP contribution in [-0.2, 0) is 24.2 Å². The molecule has 142 valence electrons. The summed E-state index contributed by atoms with van der Waals surface area (Å²) in [5, 5.41) is 11.5. The van der Waals surface area contributed by atoms with Crippen LogP contribution in [-0.4, -0.2) is 44.9 Å². The fourth-order valence-electron chi connectivity index (χ4n) is 2.79. The normalized spacial score (nSPS) is 12.1. The monoisotopic (exact) mass is 400 g/mol. The second kappa shape index (κ2) is 9.19. The Morgan fingerprint density at radius 2 is 1.96 bits per heavy atom. The number of amides is 1. The van der Waals surface area contributed by atoms with Gasteiger partial charge in [0.05, 0.1) is 5.25 Å². The summed E-state index contributed by atoms with van der Waals surface area (Å²) in [7, 11) is 3.56. The van der Waals surface area contributed by atoms with Crippen molar-refractivity contribution in [3.63, 3.8) is 0 Å². The molecule has 0 radical (unpaired) electrons. The van der Waals surface area contributed by atoms with E-state index < -0.39 is 0 Å². The minimum Gasteiger partial charge on any atom is -0.348 e.